The van der Waals surface area contributed by atoms with Gasteiger partial charge in [0.25, 0.3) is 0 Å². The molecule has 1 aromatic rings. The number of amides is 2. The van der Waals surface area contributed by atoms with Crippen molar-refractivity contribution in [3.8, 4) is 0 Å². The Balaban J connectivity index is 2.43. The van der Waals surface area contributed by atoms with E-state index < -0.39 is 0 Å². The van der Waals surface area contributed by atoms with Crippen molar-refractivity contribution in [2.45, 2.75) is 19.4 Å². The first-order valence-electron chi connectivity index (χ1n) is 6.53. The number of hydrogen-bond donors (Lipinski definition) is 3. The fraction of sp³-hybridized carbons (Fsp3) is 0.429. The summed E-state index contributed by atoms with van der Waals surface area (Å²) in [5, 5.41) is 8.19. The summed E-state index contributed by atoms with van der Waals surface area (Å²) in [6, 6.07) is 8.12. The van der Waals surface area contributed by atoms with E-state index >= 15 is 0 Å². The van der Waals surface area contributed by atoms with Crippen molar-refractivity contribution in [1.82, 2.24) is 16.0 Å². The van der Waals surface area contributed by atoms with E-state index in [1.807, 2.05) is 24.3 Å². The maximum Gasteiger partial charge on any atom is 0.239 e. The number of benzene rings is 1. The summed E-state index contributed by atoms with van der Waals surface area (Å²) in [5.74, 6) is -0.400. The molecule has 0 aromatic heterocycles. The molecule has 3 N–H and O–H groups in total. The molecule has 0 unspecified atom stereocenters. The number of carbonyl (C=O) groups excluding carboxylic acids is 2. The summed E-state index contributed by atoms with van der Waals surface area (Å²) in [5.41, 5.74) is 1.13. The summed E-state index contributed by atoms with van der Waals surface area (Å²) in [6.07, 6.45) is 0.879. The predicted octanol–water partition coefficient (Wildman–Crippen LogP) is 1.35. The van der Waals surface area contributed by atoms with E-state index in [2.05, 4.69) is 38.8 Å². The maximum atomic E-state index is 11.6. The van der Waals surface area contributed by atoms with Crippen LogP contribution in [0.15, 0.2) is 28.7 Å². The minimum absolute atomic E-state index is 0.00604. The van der Waals surface area contributed by atoms with Crippen LogP contribution in [0, 0.1) is 0 Å². The Labute approximate surface area is 127 Å². The minimum Gasteiger partial charge on any atom is -0.358 e. The second-order valence-electron chi connectivity index (χ2n) is 4.34. The predicted molar refractivity (Wildman–Crippen MR) is 82.3 cm³/mol. The van der Waals surface area contributed by atoms with Crippen LogP contribution in [-0.4, -0.2) is 32.0 Å². The standard InChI is InChI=1S/C14H20BrN3O2/c1-3-12(10-4-6-11(15)7-5-10)17-9-14(20)18-8-13(19)16-2/h4-7,12,17H,3,8-9H2,1-2H3,(H,16,19)(H,18,20)/t12-/m0/s1. The molecule has 0 heterocycles. The van der Waals surface area contributed by atoms with Crippen LogP contribution < -0.4 is 16.0 Å². The van der Waals surface area contributed by atoms with E-state index in [1.54, 1.807) is 0 Å². The lowest BCUT2D eigenvalue weighted by Gasteiger charge is -2.17. The Kier molecular flexibility index (Phi) is 7.25. The lowest BCUT2D eigenvalue weighted by Crippen LogP contribution is -2.40. The fourth-order valence-electron chi connectivity index (χ4n) is 1.74. The van der Waals surface area contributed by atoms with Gasteiger partial charge in [-0.1, -0.05) is 35.0 Å². The summed E-state index contributed by atoms with van der Waals surface area (Å²) >= 11 is 3.40. The van der Waals surface area contributed by atoms with E-state index in [1.165, 1.54) is 7.05 Å². The summed E-state index contributed by atoms with van der Waals surface area (Å²) in [7, 11) is 1.54. The van der Waals surface area contributed by atoms with Gasteiger partial charge in [-0.15, -0.1) is 0 Å². The highest BCUT2D eigenvalue weighted by molar-refractivity contribution is 9.10. The van der Waals surface area contributed by atoms with Gasteiger partial charge < -0.3 is 16.0 Å². The van der Waals surface area contributed by atoms with Crippen LogP contribution in [0.3, 0.4) is 0 Å². The van der Waals surface area contributed by atoms with Gasteiger partial charge in [-0.25, -0.2) is 0 Å². The van der Waals surface area contributed by atoms with Crippen LogP contribution in [0.2, 0.25) is 0 Å². The molecule has 0 spiro atoms. The van der Waals surface area contributed by atoms with Gasteiger partial charge in [-0.3, -0.25) is 9.59 Å². The average Bonchev–Trinajstić information content (AvgIpc) is 2.47. The normalized spacial score (nSPS) is 11.8. The fourth-order valence-corrected chi connectivity index (χ4v) is 2.00. The monoisotopic (exact) mass is 341 g/mol. The molecule has 0 bridgehead atoms. The molecule has 0 aliphatic rings. The molecule has 0 fully saturated rings. The van der Waals surface area contributed by atoms with Crippen molar-refractivity contribution < 1.29 is 9.59 Å². The zero-order chi connectivity index (χ0) is 15.0. The molecule has 110 valence electrons. The Morgan fingerprint density at radius 3 is 2.35 bits per heavy atom. The molecule has 5 nitrogen and oxygen atoms in total. The number of rotatable bonds is 7. The van der Waals surface area contributed by atoms with Crippen molar-refractivity contribution >= 4 is 27.7 Å². The van der Waals surface area contributed by atoms with E-state index in [4.69, 9.17) is 0 Å². The molecule has 1 aromatic carbocycles. The van der Waals surface area contributed by atoms with Gasteiger partial charge in [0.05, 0.1) is 13.1 Å². The highest BCUT2D eigenvalue weighted by Crippen LogP contribution is 2.19. The molecular weight excluding hydrogens is 322 g/mol. The second kappa shape index (κ2) is 8.71. The van der Waals surface area contributed by atoms with Crippen molar-refractivity contribution in [1.29, 1.82) is 0 Å². The molecule has 6 heteroatoms. The van der Waals surface area contributed by atoms with E-state index in [9.17, 15) is 9.59 Å². The van der Waals surface area contributed by atoms with Crippen LogP contribution in [-0.2, 0) is 9.59 Å². The van der Waals surface area contributed by atoms with Crippen LogP contribution in [0.25, 0.3) is 0 Å². The molecule has 1 rings (SSSR count). The molecule has 0 saturated carbocycles. The van der Waals surface area contributed by atoms with Crippen molar-refractivity contribution in [2.75, 3.05) is 20.1 Å². The molecule has 2 amide bonds. The van der Waals surface area contributed by atoms with Crippen LogP contribution >= 0.6 is 15.9 Å². The van der Waals surface area contributed by atoms with E-state index in [0.29, 0.717) is 0 Å². The van der Waals surface area contributed by atoms with Gasteiger partial charge in [0, 0.05) is 17.6 Å². The number of carbonyl (C=O) groups is 2. The molecule has 0 saturated heterocycles. The molecular formula is C14H20BrN3O2. The molecule has 0 aliphatic carbocycles. The third kappa shape index (κ3) is 5.71. The Hall–Kier alpha value is -1.40. The first-order chi connectivity index (χ1) is 9.56. The van der Waals surface area contributed by atoms with Gasteiger partial charge >= 0.3 is 0 Å². The van der Waals surface area contributed by atoms with Crippen molar-refractivity contribution in [3.63, 3.8) is 0 Å². The van der Waals surface area contributed by atoms with Crippen LogP contribution in [0.5, 0.6) is 0 Å². The van der Waals surface area contributed by atoms with E-state index in [0.717, 1.165) is 16.5 Å². The minimum atomic E-state index is -0.210. The smallest absolute Gasteiger partial charge is 0.239 e. The quantitative estimate of drug-likeness (QED) is 0.701. The topological polar surface area (TPSA) is 70.2 Å². The third-order valence-corrected chi connectivity index (χ3v) is 3.44. The number of hydrogen-bond acceptors (Lipinski definition) is 3. The Morgan fingerprint density at radius 1 is 1.15 bits per heavy atom. The van der Waals surface area contributed by atoms with Crippen LogP contribution in [0.1, 0.15) is 24.9 Å². The third-order valence-electron chi connectivity index (χ3n) is 2.91. The second-order valence-corrected chi connectivity index (χ2v) is 5.26. The lowest BCUT2D eigenvalue weighted by atomic mass is 10.0. The van der Waals surface area contributed by atoms with Gasteiger partial charge in [-0.05, 0) is 24.1 Å². The van der Waals surface area contributed by atoms with Gasteiger partial charge in [0.2, 0.25) is 11.8 Å². The lowest BCUT2D eigenvalue weighted by molar-refractivity contribution is -0.125. The Bertz CT molecular complexity index is 448. The van der Waals surface area contributed by atoms with Gasteiger partial charge in [0.1, 0.15) is 0 Å². The number of halogens is 1. The maximum absolute atomic E-state index is 11.6. The molecule has 1 atom stereocenters. The summed E-state index contributed by atoms with van der Waals surface area (Å²) in [6.45, 7) is 2.25. The van der Waals surface area contributed by atoms with Crippen LogP contribution in [0.4, 0.5) is 0 Å². The highest BCUT2D eigenvalue weighted by Gasteiger charge is 2.11. The zero-order valence-electron chi connectivity index (χ0n) is 11.7. The first-order valence-corrected chi connectivity index (χ1v) is 7.32. The highest BCUT2D eigenvalue weighted by atomic mass is 79.9. The molecule has 20 heavy (non-hydrogen) atoms. The summed E-state index contributed by atoms with van der Waals surface area (Å²) < 4.78 is 1.03. The Morgan fingerprint density at radius 2 is 1.80 bits per heavy atom. The molecule has 0 aliphatic heterocycles. The zero-order valence-corrected chi connectivity index (χ0v) is 13.3. The number of likely N-dealkylation sites (N-methyl/N-ethyl adjacent to an activating group) is 1. The summed E-state index contributed by atoms with van der Waals surface area (Å²) in [4.78, 5) is 22.6. The van der Waals surface area contributed by atoms with Crippen molar-refractivity contribution in [2.24, 2.45) is 0 Å². The number of nitrogens with one attached hydrogen (secondary N) is 3. The van der Waals surface area contributed by atoms with Gasteiger partial charge in [-0.2, -0.15) is 0 Å². The molecule has 0 radical (unpaired) electrons. The largest absolute Gasteiger partial charge is 0.358 e. The van der Waals surface area contributed by atoms with E-state index in [-0.39, 0.29) is 30.9 Å². The SMILES string of the molecule is CC[C@H](NCC(=O)NCC(=O)NC)c1ccc(Br)cc1. The van der Waals surface area contributed by atoms with Gasteiger partial charge in [0.15, 0.2) is 0 Å². The first kappa shape index (κ1) is 16.7. The average molecular weight is 342 g/mol. The van der Waals surface area contributed by atoms with Crippen molar-refractivity contribution in [3.05, 3.63) is 34.3 Å².